The second-order valence-electron chi connectivity index (χ2n) is 7.14. The minimum Gasteiger partial charge on any atom is -0.339 e. The monoisotopic (exact) mass is 420 g/mol. The fourth-order valence-electron chi connectivity index (χ4n) is 3.74. The van der Waals surface area contributed by atoms with Crippen molar-refractivity contribution in [1.29, 1.82) is 0 Å². The van der Waals surface area contributed by atoms with Gasteiger partial charge in [0.05, 0.1) is 11.0 Å². The SMILES string of the molecule is CC(N)C1CCN(C(=O)c2ccc(-n3cnc4ccccc43)cc2)CC1.Cl.Cl. The molecule has 1 aliphatic rings. The first-order valence-electron chi connectivity index (χ1n) is 9.21. The lowest BCUT2D eigenvalue weighted by atomic mass is 9.90. The summed E-state index contributed by atoms with van der Waals surface area (Å²) in [6.07, 6.45) is 3.80. The van der Waals surface area contributed by atoms with Gasteiger partial charge in [-0.2, -0.15) is 0 Å². The van der Waals surface area contributed by atoms with E-state index in [1.807, 2.05) is 64.3 Å². The van der Waals surface area contributed by atoms with E-state index in [-0.39, 0.29) is 36.8 Å². The Kier molecular flexibility index (Phi) is 7.47. The van der Waals surface area contributed by atoms with Gasteiger partial charge >= 0.3 is 0 Å². The maximum atomic E-state index is 12.8. The van der Waals surface area contributed by atoms with Crippen molar-refractivity contribution in [2.75, 3.05) is 13.1 Å². The predicted octanol–water partition coefficient (Wildman–Crippen LogP) is 4.07. The lowest BCUT2D eigenvalue weighted by Crippen LogP contribution is -2.42. The van der Waals surface area contributed by atoms with Gasteiger partial charge in [0.1, 0.15) is 6.33 Å². The van der Waals surface area contributed by atoms with Gasteiger partial charge in [-0.05, 0) is 62.1 Å². The average Bonchev–Trinajstić information content (AvgIpc) is 3.12. The largest absolute Gasteiger partial charge is 0.339 e. The molecule has 2 aromatic carbocycles. The molecule has 3 aromatic rings. The quantitative estimate of drug-likeness (QED) is 0.694. The van der Waals surface area contributed by atoms with Crippen molar-refractivity contribution in [3.8, 4) is 5.69 Å². The number of piperidine rings is 1. The zero-order valence-corrected chi connectivity index (χ0v) is 17.5. The van der Waals surface area contributed by atoms with Gasteiger partial charge < -0.3 is 10.6 Å². The van der Waals surface area contributed by atoms with Gasteiger partial charge in [0.25, 0.3) is 5.91 Å². The van der Waals surface area contributed by atoms with Crippen molar-refractivity contribution in [3.63, 3.8) is 0 Å². The van der Waals surface area contributed by atoms with E-state index in [0.717, 1.165) is 48.2 Å². The minimum absolute atomic E-state index is 0. The summed E-state index contributed by atoms with van der Waals surface area (Å²) in [6.45, 7) is 3.64. The van der Waals surface area contributed by atoms with Gasteiger partial charge in [-0.15, -0.1) is 24.8 Å². The normalized spacial score (nSPS) is 15.6. The number of hydrogen-bond acceptors (Lipinski definition) is 3. The number of amides is 1. The second-order valence-corrected chi connectivity index (χ2v) is 7.14. The number of rotatable bonds is 3. The van der Waals surface area contributed by atoms with E-state index in [1.165, 1.54) is 0 Å². The summed E-state index contributed by atoms with van der Waals surface area (Å²) in [7, 11) is 0. The zero-order chi connectivity index (χ0) is 18.1. The molecule has 1 aromatic heterocycles. The van der Waals surface area contributed by atoms with E-state index in [1.54, 1.807) is 0 Å². The molecular formula is C21H26Cl2N4O. The van der Waals surface area contributed by atoms with Gasteiger partial charge in [-0.3, -0.25) is 9.36 Å². The topological polar surface area (TPSA) is 64.2 Å². The van der Waals surface area contributed by atoms with Crippen LogP contribution >= 0.6 is 24.8 Å². The molecule has 1 aliphatic heterocycles. The van der Waals surface area contributed by atoms with Crippen LogP contribution in [0.15, 0.2) is 54.9 Å². The van der Waals surface area contributed by atoms with E-state index in [4.69, 9.17) is 5.73 Å². The fraction of sp³-hybridized carbons (Fsp3) is 0.333. The third kappa shape index (κ3) is 4.32. The van der Waals surface area contributed by atoms with E-state index in [0.29, 0.717) is 5.92 Å². The molecule has 0 spiro atoms. The van der Waals surface area contributed by atoms with Crippen LogP contribution in [-0.4, -0.2) is 39.5 Å². The summed E-state index contributed by atoms with van der Waals surface area (Å²) < 4.78 is 2.04. The van der Waals surface area contributed by atoms with Crippen molar-refractivity contribution >= 4 is 41.8 Å². The van der Waals surface area contributed by atoms with Gasteiger partial charge in [0.15, 0.2) is 0 Å². The predicted molar refractivity (Wildman–Crippen MR) is 118 cm³/mol. The summed E-state index contributed by atoms with van der Waals surface area (Å²) in [5.74, 6) is 0.631. The number of carbonyl (C=O) groups excluding carboxylic acids is 1. The molecule has 0 aliphatic carbocycles. The Bertz CT molecular complexity index is 916. The Morgan fingerprint density at radius 2 is 1.71 bits per heavy atom. The third-order valence-corrected chi connectivity index (χ3v) is 5.42. The Morgan fingerprint density at radius 3 is 2.36 bits per heavy atom. The highest BCUT2D eigenvalue weighted by Gasteiger charge is 2.25. The number of aromatic nitrogens is 2. The van der Waals surface area contributed by atoms with Crippen molar-refractivity contribution < 1.29 is 4.79 Å². The number of para-hydroxylation sites is 2. The smallest absolute Gasteiger partial charge is 0.253 e. The number of halogens is 2. The fourth-order valence-corrected chi connectivity index (χ4v) is 3.74. The first kappa shape index (κ1) is 22.2. The summed E-state index contributed by atoms with van der Waals surface area (Å²) in [5, 5.41) is 0. The molecule has 0 radical (unpaired) electrons. The first-order valence-corrected chi connectivity index (χ1v) is 9.21. The number of nitrogens with zero attached hydrogens (tertiary/aromatic N) is 3. The Morgan fingerprint density at radius 1 is 1.07 bits per heavy atom. The molecule has 2 N–H and O–H groups in total. The van der Waals surface area contributed by atoms with Crippen LogP contribution in [0.4, 0.5) is 0 Å². The van der Waals surface area contributed by atoms with Gasteiger partial charge in [-0.1, -0.05) is 12.1 Å². The number of hydrogen-bond donors (Lipinski definition) is 1. The Hall–Kier alpha value is -2.08. The molecule has 1 fully saturated rings. The molecule has 2 heterocycles. The van der Waals surface area contributed by atoms with Crippen LogP contribution in [-0.2, 0) is 0 Å². The maximum absolute atomic E-state index is 12.8. The molecule has 1 unspecified atom stereocenters. The average molecular weight is 421 g/mol. The molecule has 0 saturated carbocycles. The van der Waals surface area contributed by atoms with Crippen LogP contribution < -0.4 is 5.73 Å². The molecule has 28 heavy (non-hydrogen) atoms. The summed E-state index contributed by atoms with van der Waals surface area (Å²) in [5.41, 5.74) is 9.75. The first-order chi connectivity index (χ1) is 12.6. The van der Waals surface area contributed by atoms with E-state index in [2.05, 4.69) is 11.9 Å². The molecule has 1 saturated heterocycles. The molecule has 4 rings (SSSR count). The number of carbonyl (C=O) groups is 1. The summed E-state index contributed by atoms with van der Waals surface area (Å²) in [4.78, 5) is 19.1. The molecule has 1 amide bonds. The van der Waals surface area contributed by atoms with Crippen LogP contribution in [0.1, 0.15) is 30.1 Å². The maximum Gasteiger partial charge on any atom is 0.253 e. The summed E-state index contributed by atoms with van der Waals surface area (Å²) in [6, 6.07) is 16.0. The van der Waals surface area contributed by atoms with Crippen LogP contribution in [0, 0.1) is 5.92 Å². The number of fused-ring (bicyclic) bond motifs is 1. The lowest BCUT2D eigenvalue weighted by molar-refractivity contribution is 0.0681. The van der Waals surface area contributed by atoms with E-state index < -0.39 is 0 Å². The Balaban J connectivity index is 0.00000140. The second kappa shape index (κ2) is 9.41. The van der Waals surface area contributed by atoms with Crippen LogP contribution in [0.3, 0.4) is 0 Å². The minimum atomic E-state index is 0. The van der Waals surface area contributed by atoms with Crippen LogP contribution in [0.25, 0.3) is 16.7 Å². The van der Waals surface area contributed by atoms with Gasteiger partial charge in [0, 0.05) is 30.4 Å². The van der Waals surface area contributed by atoms with Gasteiger partial charge in [-0.25, -0.2) is 4.98 Å². The highest BCUT2D eigenvalue weighted by molar-refractivity contribution is 5.94. The Labute approximate surface area is 177 Å². The molecular weight excluding hydrogens is 395 g/mol. The van der Waals surface area contributed by atoms with Crippen molar-refractivity contribution in [2.45, 2.75) is 25.8 Å². The highest BCUT2D eigenvalue weighted by Crippen LogP contribution is 2.22. The van der Waals surface area contributed by atoms with Crippen molar-refractivity contribution in [1.82, 2.24) is 14.5 Å². The standard InChI is InChI=1S/C21H24N4O.2ClH/c1-15(22)16-10-12-24(13-11-16)21(26)17-6-8-18(9-7-17)25-14-23-19-4-2-3-5-20(19)25;;/h2-9,14-16H,10-13,22H2,1H3;2*1H. The molecule has 7 heteroatoms. The number of benzene rings is 2. The van der Waals surface area contributed by atoms with Crippen molar-refractivity contribution in [2.24, 2.45) is 11.7 Å². The highest BCUT2D eigenvalue weighted by atomic mass is 35.5. The molecule has 5 nitrogen and oxygen atoms in total. The van der Waals surface area contributed by atoms with E-state index >= 15 is 0 Å². The number of likely N-dealkylation sites (tertiary alicyclic amines) is 1. The third-order valence-electron chi connectivity index (χ3n) is 5.42. The van der Waals surface area contributed by atoms with Crippen molar-refractivity contribution in [3.05, 3.63) is 60.4 Å². The zero-order valence-electron chi connectivity index (χ0n) is 15.8. The molecule has 0 bridgehead atoms. The lowest BCUT2D eigenvalue weighted by Gasteiger charge is -2.33. The number of imidazole rings is 1. The van der Waals surface area contributed by atoms with Crippen LogP contribution in [0.5, 0.6) is 0 Å². The van der Waals surface area contributed by atoms with Gasteiger partial charge in [0.2, 0.25) is 0 Å². The molecule has 150 valence electrons. The van der Waals surface area contributed by atoms with Crippen LogP contribution in [0.2, 0.25) is 0 Å². The van der Waals surface area contributed by atoms with E-state index in [9.17, 15) is 4.79 Å². The summed E-state index contributed by atoms with van der Waals surface area (Å²) >= 11 is 0. The number of nitrogens with two attached hydrogens (primary N) is 1. The molecule has 1 atom stereocenters.